The molecule has 0 atom stereocenters. The van der Waals surface area contributed by atoms with Gasteiger partial charge in [0.25, 0.3) is 5.91 Å². The highest BCUT2D eigenvalue weighted by Gasteiger charge is 2.51. The summed E-state index contributed by atoms with van der Waals surface area (Å²) in [7, 11) is 0. The SMILES string of the molecule is CCN1CCC2(CC1)OC(=O)C(C)=C2C(=O)N1CCc2ccc(C)cc2C1. The van der Waals surface area contributed by atoms with Crippen LogP contribution in [0, 0.1) is 6.92 Å². The molecule has 3 aliphatic rings. The number of nitrogens with zero attached hydrogens (tertiary/aromatic N) is 2. The third-order valence-electron chi connectivity index (χ3n) is 6.41. The Bertz CT molecular complexity index is 819. The van der Waals surface area contributed by atoms with Gasteiger partial charge in [-0.25, -0.2) is 4.79 Å². The Morgan fingerprint density at radius 1 is 1.15 bits per heavy atom. The van der Waals surface area contributed by atoms with E-state index < -0.39 is 5.60 Å². The zero-order valence-electron chi connectivity index (χ0n) is 16.5. The highest BCUT2D eigenvalue weighted by Crippen LogP contribution is 2.42. The van der Waals surface area contributed by atoms with Crippen LogP contribution in [-0.4, -0.2) is 53.5 Å². The number of fused-ring (bicyclic) bond motifs is 1. The van der Waals surface area contributed by atoms with E-state index in [1.54, 1.807) is 6.92 Å². The Balaban J connectivity index is 1.61. The number of amides is 1. The molecule has 0 aliphatic carbocycles. The van der Waals surface area contributed by atoms with Crippen LogP contribution >= 0.6 is 0 Å². The van der Waals surface area contributed by atoms with Crippen molar-refractivity contribution in [1.82, 2.24) is 9.80 Å². The number of carbonyl (C=O) groups excluding carboxylic acids is 2. The highest BCUT2D eigenvalue weighted by atomic mass is 16.6. The van der Waals surface area contributed by atoms with E-state index in [1.165, 1.54) is 16.7 Å². The number of carbonyl (C=O) groups is 2. The second kappa shape index (κ2) is 6.79. The van der Waals surface area contributed by atoms with Crippen LogP contribution in [0.15, 0.2) is 29.3 Å². The van der Waals surface area contributed by atoms with Gasteiger partial charge in [0.15, 0.2) is 0 Å². The predicted molar refractivity (Wildman–Crippen MR) is 103 cm³/mol. The summed E-state index contributed by atoms with van der Waals surface area (Å²) in [6.07, 6.45) is 2.27. The third kappa shape index (κ3) is 3.08. The van der Waals surface area contributed by atoms with E-state index in [4.69, 9.17) is 4.74 Å². The molecule has 4 rings (SSSR count). The number of aryl methyl sites for hydroxylation is 1. The molecular weight excluding hydrogens is 340 g/mol. The van der Waals surface area contributed by atoms with Gasteiger partial charge in [-0.15, -0.1) is 0 Å². The molecule has 0 bridgehead atoms. The van der Waals surface area contributed by atoms with Gasteiger partial charge in [0.1, 0.15) is 5.60 Å². The first-order chi connectivity index (χ1) is 12.9. The number of hydrogen-bond acceptors (Lipinski definition) is 4. The molecule has 3 aliphatic heterocycles. The topological polar surface area (TPSA) is 49.9 Å². The van der Waals surface area contributed by atoms with Crippen LogP contribution < -0.4 is 0 Å². The molecule has 27 heavy (non-hydrogen) atoms. The minimum absolute atomic E-state index is 0.0181. The standard InChI is InChI=1S/C22H28N2O3/c1-4-23-11-8-22(9-12-23)19(16(3)21(26)27-22)20(25)24-10-7-17-6-5-15(2)13-18(17)14-24/h5-6,13H,4,7-12,14H2,1-3H3. The fraction of sp³-hybridized carbons (Fsp3) is 0.545. The summed E-state index contributed by atoms with van der Waals surface area (Å²) < 4.78 is 5.82. The summed E-state index contributed by atoms with van der Waals surface area (Å²) in [6, 6.07) is 6.46. The van der Waals surface area contributed by atoms with Crippen LogP contribution in [0.1, 0.15) is 43.4 Å². The number of piperidine rings is 1. The van der Waals surface area contributed by atoms with Crippen molar-refractivity contribution in [3.8, 4) is 0 Å². The van der Waals surface area contributed by atoms with Gasteiger partial charge in [0.05, 0.1) is 5.57 Å². The first-order valence-electron chi connectivity index (χ1n) is 9.98. The van der Waals surface area contributed by atoms with Crippen LogP contribution in [0.2, 0.25) is 0 Å². The summed E-state index contributed by atoms with van der Waals surface area (Å²) >= 11 is 0. The van der Waals surface area contributed by atoms with E-state index in [-0.39, 0.29) is 11.9 Å². The van der Waals surface area contributed by atoms with Gasteiger partial charge in [-0.1, -0.05) is 30.7 Å². The average Bonchev–Trinajstić information content (AvgIpc) is 2.91. The zero-order valence-corrected chi connectivity index (χ0v) is 16.5. The molecule has 144 valence electrons. The molecule has 0 radical (unpaired) electrons. The van der Waals surface area contributed by atoms with E-state index in [0.29, 0.717) is 37.1 Å². The maximum absolute atomic E-state index is 13.5. The quantitative estimate of drug-likeness (QED) is 0.753. The third-order valence-corrected chi connectivity index (χ3v) is 6.41. The van der Waals surface area contributed by atoms with Gasteiger partial charge in [-0.3, -0.25) is 4.79 Å². The highest BCUT2D eigenvalue weighted by molar-refractivity contribution is 6.07. The van der Waals surface area contributed by atoms with Crippen molar-refractivity contribution in [3.05, 3.63) is 46.0 Å². The molecule has 0 unspecified atom stereocenters. The maximum atomic E-state index is 13.5. The van der Waals surface area contributed by atoms with Crippen molar-refractivity contribution < 1.29 is 14.3 Å². The van der Waals surface area contributed by atoms with E-state index in [2.05, 4.69) is 36.9 Å². The molecule has 0 N–H and O–H groups in total. The van der Waals surface area contributed by atoms with E-state index >= 15 is 0 Å². The fourth-order valence-corrected chi connectivity index (χ4v) is 4.70. The molecule has 0 aromatic heterocycles. The largest absolute Gasteiger partial charge is 0.450 e. The van der Waals surface area contributed by atoms with Crippen molar-refractivity contribution >= 4 is 11.9 Å². The smallest absolute Gasteiger partial charge is 0.335 e. The van der Waals surface area contributed by atoms with E-state index in [0.717, 1.165) is 26.1 Å². The Hall–Kier alpha value is -2.14. The van der Waals surface area contributed by atoms with Crippen molar-refractivity contribution in [2.24, 2.45) is 0 Å². The van der Waals surface area contributed by atoms with Crippen LogP contribution in [0.25, 0.3) is 0 Å². The Morgan fingerprint density at radius 2 is 1.89 bits per heavy atom. The van der Waals surface area contributed by atoms with Crippen LogP contribution in [0.4, 0.5) is 0 Å². The molecule has 1 spiro atoms. The van der Waals surface area contributed by atoms with Crippen molar-refractivity contribution in [2.75, 3.05) is 26.2 Å². The molecule has 1 aromatic carbocycles. The Labute approximate surface area is 161 Å². The summed E-state index contributed by atoms with van der Waals surface area (Å²) in [4.78, 5) is 30.1. The van der Waals surface area contributed by atoms with Crippen molar-refractivity contribution in [3.63, 3.8) is 0 Å². The summed E-state index contributed by atoms with van der Waals surface area (Å²) in [5.74, 6) is -0.341. The maximum Gasteiger partial charge on any atom is 0.335 e. The van der Waals surface area contributed by atoms with Crippen molar-refractivity contribution in [1.29, 1.82) is 0 Å². The summed E-state index contributed by atoms with van der Waals surface area (Å²) in [5, 5.41) is 0. The minimum atomic E-state index is -0.725. The van der Waals surface area contributed by atoms with Crippen LogP contribution in [0.3, 0.4) is 0 Å². The second-order valence-electron chi connectivity index (χ2n) is 8.07. The predicted octanol–water partition coefficient (Wildman–Crippen LogP) is 2.61. The minimum Gasteiger partial charge on any atom is -0.450 e. The molecule has 0 saturated carbocycles. The Kier molecular flexibility index (Phi) is 4.58. The van der Waals surface area contributed by atoms with Gasteiger partial charge in [-0.05, 0) is 37.9 Å². The summed E-state index contributed by atoms with van der Waals surface area (Å²) in [5.41, 5.74) is 4.13. The lowest BCUT2D eigenvalue weighted by Gasteiger charge is -2.40. The molecule has 1 amide bonds. The van der Waals surface area contributed by atoms with Gasteiger partial charge in [-0.2, -0.15) is 0 Å². The molecule has 3 heterocycles. The molecule has 1 aromatic rings. The lowest BCUT2D eigenvalue weighted by atomic mass is 9.82. The molecule has 1 fully saturated rings. The normalized spacial score (nSPS) is 22.2. The molecular formula is C22H28N2O3. The van der Waals surface area contributed by atoms with E-state index in [9.17, 15) is 9.59 Å². The fourth-order valence-electron chi connectivity index (χ4n) is 4.70. The Morgan fingerprint density at radius 3 is 2.59 bits per heavy atom. The second-order valence-corrected chi connectivity index (χ2v) is 8.07. The van der Waals surface area contributed by atoms with E-state index in [1.807, 2.05) is 4.90 Å². The first kappa shape index (κ1) is 18.2. The van der Waals surface area contributed by atoms with Crippen LogP contribution in [0.5, 0.6) is 0 Å². The lowest BCUT2D eigenvalue weighted by Crippen LogP contribution is -2.49. The number of rotatable bonds is 2. The first-order valence-corrected chi connectivity index (χ1v) is 9.98. The number of benzene rings is 1. The van der Waals surface area contributed by atoms with Crippen molar-refractivity contribution in [2.45, 2.75) is 52.2 Å². The number of hydrogen-bond donors (Lipinski definition) is 0. The number of esters is 1. The average molecular weight is 368 g/mol. The number of ether oxygens (including phenoxy) is 1. The molecule has 5 heteroatoms. The zero-order chi connectivity index (χ0) is 19.2. The monoisotopic (exact) mass is 368 g/mol. The molecule has 5 nitrogen and oxygen atoms in total. The van der Waals surface area contributed by atoms with Crippen LogP contribution in [-0.2, 0) is 27.3 Å². The number of likely N-dealkylation sites (tertiary alicyclic amines) is 1. The lowest BCUT2D eigenvalue weighted by molar-refractivity contribution is -0.151. The van der Waals surface area contributed by atoms with Gasteiger partial charge in [0.2, 0.25) is 0 Å². The van der Waals surface area contributed by atoms with Gasteiger partial charge in [0, 0.05) is 44.6 Å². The summed E-state index contributed by atoms with van der Waals surface area (Å²) in [6.45, 7) is 9.96. The van der Waals surface area contributed by atoms with Gasteiger partial charge < -0.3 is 14.5 Å². The van der Waals surface area contributed by atoms with Gasteiger partial charge >= 0.3 is 5.97 Å². The molecule has 1 saturated heterocycles.